The van der Waals surface area contributed by atoms with Crippen LogP contribution in [0, 0.1) is 0 Å². The molecule has 2 rings (SSSR count). The minimum atomic E-state index is -2.77. The number of nitrogens with zero attached hydrogens (tertiary/aromatic N) is 2. The zero-order valence-electron chi connectivity index (χ0n) is 15.1. The number of imide groups is 1. The molecule has 0 fully saturated rings. The van der Waals surface area contributed by atoms with Crippen LogP contribution in [0.4, 0.5) is 0 Å². The van der Waals surface area contributed by atoms with Crippen molar-refractivity contribution in [3.63, 3.8) is 0 Å². The average molecular weight is 238 g/mol. The normalized spacial score (nSPS) is 21.4. The predicted molar refractivity (Wildman–Crippen MR) is 65.0 cm³/mol. The van der Waals surface area contributed by atoms with Crippen molar-refractivity contribution in [3.8, 4) is 0 Å². The molecular weight excluding hydrogens is 216 g/mol. The van der Waals surface area contributed by atoms with Crippen LogP contribution in [0.2, 0.25) is 0 Å². The molecule has 2 amide bonds. The summed E-state index contributed by atoms with van der Waals surface area (Å²) in [5.74, 6) is -0.889. The van der Waals surface area contributed by atoms with Crippen LogP contribution < -0.4 is 0 Å². The maximum Gasteiger partial charge on any atom is 0.261 e. The molecule has 1 heterocycles. The van der Waals surface area contributed by atoms with Crippen molar-refractivity contribution < 1.29 is 17.8 Å². The minimum Gasteiger partial charge on any atom is -0.309 e. The second-order valence-electron chi connectivity index (χ2n) is 3.81. The summed E-state index contributed by atoms with van der Waals surface area (Å²) in [6.45, 7) is -5.85. The van der Waals surface area contributed by atoms with Gasteiger partial charge in [-0.05, 0) is 39.0 Å². The summed E-state index contributed by atoms with van der Waals surface area (Å²) in [5, 5.41) is 0. The fourth-order valence-corrected chi connectivity index (χ4v) is 1.83. The van der Waals surface area contributed by atoms with Crippen molar-refractivity contribution in [1.29, 1.82) is 0 Å². The molecule has 0 aromatic heterocycles. The quantitative estimate of drug-likeness (QED) is 0.741. The van der Waals surface area contributed by atoms with E-state index in [0.29, 0.717) is 16.0 Å². The summed E-state index contributed by atoms with van der Waals surface area (Å²) in [6.07, 6.45) is 0.0578. The lowest BCUT2D eigenvalue weighted by molar-refractivity contribution is 0.0649. The molecule has 17 heavy (non-hydrogen) atoms. The molecule has 1 aromatic carbocycles. The van der Waals surface area contributed by atoms with E-state index in [1.807, 2.05) is 0 Å². The van der Waals surface area contributed by atoms with Crippen LogP contribution in [-0.2, 0) is 0 Å². The third-order valence-electron chi connectivity index (χ3n) is 2.64. The first-order valence-corrected chi connectivity index (χ1v) is 5.26. The fourth-order valence-electron chi connectivity index (χ4n) is 1.83. The standard InChI is InChI=1S/C13H16N2O2/c1-14(2)8-5-9-15-12(16)10-6-3-4-7-11(10)13(15)17/h3-4,6-7H,5,8-9H2,1-2H3/i1D3,2D3. The van der Waals surface area contributed by atoms with Gasteiger partial charge in [0, 0.05) is 14.8 Å². The van der Waals surface area contributed by atoms with Crippen molar-refractivity contribution in [2.45, 2.75) is 6.42 Å². The Morgan fingerprint density at radius 1 is 1.18 bits per heavy atom. The van der Waals surface area contributed by atoms with E-state index >= 15 is 0 Å². The Hall–Kier alpha value is -1.68. The highest BCUT2D eigenvalue weighted by Crippen LogP contribution is 2.22. The second kappa shape index (κ2) is 4.67. The first kappa shape index (κ1) is 6.31. The molecule has 0 radical (unpaired) electrons. The Balaban J connectivity index is 2.03. The van der Waals surface area contributed by atoms with E-state index < -0.39 is 25.8 Å². The highest BCUT2D eigenvalue weighted by Gasteiger charge is 2.34. The van der Waals surface area contributed by atoms with Crippen LogP contribution >= 0.6 is 0 Å². The largest absolute Gasteiger partial charge is 0.309 e. The second-order valence-corrected chi connectivity index (χ2v) is 3.81. The van der Waals surface area contributed by atoms with E-state index in [2.05, 4.69) is 0 Å². The Bertz CT molecular complexity index is 577. The fraction of sp³-hybridized carbons (Fsp3) is 0.385. The van der Waals surface area contributed by atoms with Gasteiger partial charge in [0.15, 0.2) is 0 Å². The van der Waals surface area contributed by atoms with Gasteiger partial charge in [-0.3, -0.25) is 14.5 Å². The van der Waals surface area contributed by atoms with Crippen LogP contribution in [0.3, 0.4) is 0 Å². The zero-order chi connectivity index (χ0) is 17.4. The summed E-state index contributed by atoms with van der Waals surface area (Å²) in [4.78, 5) is 25.7. The number of hydrogen-bond acceptors (Lipinski definition) is 3. The molecule has 0 saturated carbocycles. The molecule has 1 aliphatic rings. The molecule has 0 aliphatic carbocycles. The van der Waals surface area contributed by atoms with Crippen molar-refractivity contribution in [3.05, 3.63) is 35.4 Å². The van der Waals surface area contributed by atoms with Crippen molar-refractivity contribution in [1.82, 2.24) is 9.80 Å². The van der Waals surface area contributed by atoms with Crippen LogP contribution in [0.5, 0.6) is 0 Å². The zero-order valence-corrected chi connectivity index (χ0v) is 9.14. The van der Waals surface area contributed by atoms with Crippen molar-refractivity contribution >= 4 is 11.8 Å². The maximum atomic E-state index is 12.1. The van der Waals surface area contributed by atoms with E-state index in [9.17, 15) is 9.59 Å². The molecule has 0 spiro atoms. The van der Waals surface area contributed by atoms with Gasteiger partial charge in [0.05, 0.1) is 11.1 Å². The topological polar surface area (TPSA) is 40.6 Å². The molecule has 1 aromatic rings. The van der Waals surface area contributed by atoms with Gasteiger partial charge in [-0.25, -0.2) is 0 Å². The summed E-state index contributed by atoms with van der Waals surface area (Å²) in [6, 6.07) is 6.40. The van der Waals surface area contributed by atoms with E-state index in [-0.39, 0.29) is 19.5 Å². The van der Waals surface area contributed by atoms with E-state index in [0.717, 1.165) is 4.90 Å². The molecule has 1 aliphatic heterocycles. The third-order valence-corrected chi connectivity index (χ3v) is 2.64. The Morgan fingerprint density at radius 2 is 1.76 bits per heavy atom. The Kier molecular flexibility index (Phi) is 1.73. The van der Waals surface area contributed by atoms with Crippen molar-refractivity contribution in [2.75, 3.05) is 27.0 Å². The Morgan fingerprint density at radius 3 is 2.29 bits per heavy atom. The summed E-state index contributed by atoms with van der Waals surface area (Å²) < 4.78 is 43.6. The van der Waals surface area contributed by atoms with E-state index in [1.54, 1.807) is 24.3 Å². The highest BCUT2D eigenvalue weighted by atomic mass is 16.2. The van der Waals surface area contributed by atoms with Gasteiger partial charge in [0.1, 0.15) is 0 Å². The number of rotatable bonds is 4. The summed E-state index contributed by atoms with van der Waals surface area (Å²) in [7, 11) is 0. The lowest BCUT2D eigenvalue weighted by atomic mass is 10.1. The molecule has 0 saturated heterocycles. The van der Waals surface area contributed by atoms with Crippen LogP contribution in [-0.4, -0.2) is 48.7 Å². The number of carbonyl (C=O) groups excluding carboxylic acids is 2. The maximum absolute atomic E-state index is 12.1. The lowest BCUT2D eigenvalue weighted by Crippen LogP contribution is -2.32. The molecule has 90 valence electrons. The smallest absolute Gasteiger partial charge is 0.261 e. The van der Waals surface area contributed by atoms with Crippen LogP contribution in [0.15, 0.2) is 24.3 Å². The predicted octanol–water partition coefficient (Wildman–Crippen LogP) is 1.23. The highest BCUT2D eigenvalue weighted by molar-refractivity contribution is 6.21. The number of amides is 2. The Labute approximate surface area is 109 Å². The molecule has 0 N–H and O–H groups in total. The molecular formula is C13H16N2O2. The van der Waals surface area contributed by atoms with Crippen LogP contribution in [0.25, 0.3) is 0 Å². The molecule has 4 nitrogen and oxygen atoms in total. The van der Waals surface area contributed by atoms with Gasteiger partial charge >= 0.3 is 0 Å². The molecule has 0 bridgehead atoms. The van der Waals surface area contributed by atoms with E-state index in [1.165, 1.54) is 0 Å². The lowest BCUT2D eigenvalue weighted by Gasteiger charge is -2.15. The average Bonchev–Trinajstić information content (AvgIpc) is 2.66. The van der Waals surface area contributed by atoms with Gasteiger partial charge < -0.3 is 4.90 Å². The van der Waals surface area contributed by atoms with Gasteiger partial charge in [-0.2, -0.15) is 0 Å². The summed E-state index contributed by atoms with van der Waals surface area (Å²) >= 11 is 0. The van der Waals surface area contributed by atoms with Crippen molar-refractivity contribution in [2.24, 2.45) is 0 Å². The van der Waals surface area contributed by atoms with E-state index in [4.69, 9.17) is 8.22 Å². The monoisotopic (exact) mass is 238 g/mol. The van der Waals surface area contributed by atoms with Crippen LogP contribution in [0.1, 0.15) is 35.4 Å². The number of benzene rings is 1. The van der Waals surface area contributed by atoms with Gasteiger partial charge in [0.25, 0.3) is 11.8 Å². The first-order valence-electron chi connectivity index (χ1n) is 8.26. The molecule has 0 atom stereocenters. The number of fused-ring (bicyclic) bond motifs is 1. The number of hydrogen-bond donors (Lipinski definition) is 0. The summed E-state index contributed by atoms with van der Waals surface area (Å²) in [5.41, 5.74) is 0.613. The molecule has 0 unspecified atom stereocenters. The van der Waals surface area contributed by atoms with Gasteiger partial charge in [0.2, 0.25) is 0 Å². The number of carbonyl (C=O) groups is 2. The third kappa shape index (κ3) is 2.22. The van der Waals surface area contributed by atoms with Gasteiger partial charge in [-0.1, -0.05) is 12.1 Å². The first-order chi connectivity index (χ1) is 10.5. The SMILES string of the molecule is [2H]C([2H])([2H])N(CCCN1C(=O)c2ccccc2C1=O)C([2H])([2H])[2H]. The molecule has 4 heteroatoms. The van der Waals surface area contributed by atoms with Gasteiger partial charge in [-0.15, -0.1) is 0 Å². The minimum absolute atomic E-state index is 0.0327.